The van der Waals surface area contributed by atoms with Crippen LogP contribution < -0.4 is 21.7 Å². The number of carbonyl (C=O) groups excluding carboxylic acids is 3. The van der Waals surface area contributed by atoms with Gasteiger partial charge in [-0.05, 0) is 50.4 Å². The number of primary amides is 1. The van der Waals surface area contributed by atoms with Gasteiger partial charge in [0.25, 0.3) is 5.91 Å². The van der Waals surface area contributed by atoms with E-state index in [0.29, 0.717) is 18.0 Å². The van der Waals surface area contributed by atoms with Crippen molar-refractivity contribution in [2.24, 2.45) is 5.73 Å². The van der Waals surface area contributed by atoms with Crippen LogP contribution in [0.15, 0.2) is 24.3 Å². The van der Waals surface area contributed by atoms with E-state index in [4.69, 9.17) is 22.1 Å². The predicted molar refractivity (Wildman–Crippen MR) is 112 cm³/mol. The van der Waals surface area contributed by atoms with Crippen molar-refractivity contribution in [3.8, 4) is 0 Å². The third kappa shape index (κ3) is 7.16. The molecule has 0 bridgehead atoms. The summed E-state index contributed by atoms with van der Waals surface area (Å²) in [6, 6.07) is 6.54. The Morgan fingerprint density at radius 1 is 1.27 bits per heavy atom. The average molecular weight is 441 g/mol. The highest BCUT2D eigenvalue weighted by Gasteiger charge is 2.36. The van der Waals surface area contributed by atoms with Crippen molar-refractivity contribution in [2.45, 2.75) is 43.9 Å². The smallest absolute Gasteiger partial charge is 0.405 e. The van der Waals surface area contributed by atoms with Crippen LogP contribution in [-0.4, -0.2) is 62.4 Å². The SMILES string of the molecule is COC[C@H](NC(=O)[C@H](C)OC(N)=O)C(=O)N[C@@]1(Cc2ccc(Cl)cc2)CCCNC1. The number of hydrogen-bond donors (Lipinski definition) is 4. The van der Waals surface area contributed by atoms with Crippen LogP contribution in [0.3, 0.4) is 0 Å². The zero-order valence-electron chi connectivity index (χ0n) is 17.2. The first-order valence-electron chi connectivity index (χ1n) is 9.77. The molecular weight excluding hydrogens is 412 g/mol. The molecule has 166 valence electrons. The Bertz CT molecular complexity index is 737. The number of methoxy groups -OCH3 is 1. The molecule has 1 fully saturated rings. The summed E-state index contributed by atoms with van der Waals surface area (Å²) in [7, 11) is 1.43. The molecule has 1 saturated heterocycles. The number of rotatable bonds is 9. The molecule has 2 rings (SSSR count). The molecule has 3 amide bonds. The lowest BCUT2D eigenvalue weighted by molar-refractivity contribution is -0.135. The molecule has 1 aromatic carbocycles. The third-order valence-electron chi connectivity index (χ3n) is 4.94. The van der Waals surface area contributed by atoms with Crippen molar-refractivity contribution in [3.63, 3.8) is 0 Å². The van der Waals surface area contributed by atoms with Gasteiger partial charge in [0.1, 0.15) is 6.04 Å². The normalized spacial score (nSPS) is 20.6. The summed E-state index contributed by atoms with van der Waals surface area (Å²) in [6.07, 6.45) is 0.0919. The fraction of sp³-hybridized carbons (Fsp3) is 0.550. The molecule has 1 aromatic rings. The van der Waals surface area contributed by atoms with E-state index in [1.807, 2.05) is 24.3 Å². The molecule has 1 heterocycles. The van der Waals surface area contributed by atoms with Gasteiger partial charge in [0, 0.05) is 18.7 Å². The van der Waals surface area contributed by atoms with Crippen molar-refractivity contribution < 1.29 is 23.9 Å². The van der Waals surface area contributed by atoms with E-state index < -0.39 is 29.7 Å². The van der Waals surface area contributed by atoms with Crippen LogP contribution in [0.25, 0.3) is 0 Å². The van der Waals surface area contributed by atoms with Gasteiger partial charge < -0.3 is 31.2 Å². The van der Waals surface area contributed by atoms with Gasteiger partial charge in [0.15, 0.2) is 6.10 Å². The molecule has 0 spiro atoms. The monoisotopic (exact) mass is 440 g/mol. The number of nitrogens with one attached hydrogen (secondary N) is 3. The maximum Gasteiger partial charge on any atom is 0.405 e. The van der Waals surface area contributed by atoms with E-state index in [-0.39, 0.29) is 12.5 Å². The Kier molecular flexibility index (Phi) is 8.88. The molecule has 9 nitrogen and oxygen atoms in total. The van der Waals surface area contributed by atoms with E-state index >= 15 is 0 Å². The van der Waals surface area contributed by atoms with Crippen molar-refractivity contribution in [1.82, 2.24) is 16.0 Å². The third-order valence-corrected chi connectivity index (χ3v) is 5.20. The Balaban J connectivity index is 2.11. The van der Waals surface area contributed by atoms with Gasteiger partial charge >= 0.3 is 6.09 Å². The van der Waals surface area contributed by atoms with Gasteiger partial charge in [-0.2, -0.15) is 0 Å². The second kappa shape index (κ2) is 11.1. The van der Waals surface area contributed by atoms with E-state index in [9.17, 15) is 14.4 Å². The molecule has 0 unspecified atom stereocenters. The van der Waals surface area contributed by atoms with Crippen molar-refractivity contribution in [1.29, 1.82) is 0 Å². The summed E-state index contributed by atoms with van der Waals surface area (Å²) in [5.74, 6) is -1.02. The van der Waals surface area contributed by atoms with Crippen molar-refractivity contribution >= 4 is 29.5 Å². The molecule has 0 aromatic heterocycles. The zero-order chi connectivity index (χ0) is 22.1. The topological polar surface area (TPSA) is 132 Å². The maximum atomic E-state index is 13.0. The fourth-order valence-electron chi connectivity index (χ4n) is 3.48. The lowest BCUT2D eigenvalue weighted by Crippen LogP contribution is -2.63. The summed E-state index contributed by atoms with van der Waals surface area (Å²) in [5.41, 5.74) is 5.47. The minimum absolute atomic E-state index is 0.0364. The lowest BCUT2D eigenvalue weighted by Gasteiger charge is -2.39. The number of benzene rings is 1. The van der Waals surface area contributed by atoms with E-state index in [1.165, 1.54) is 14.0 Å². The second-order valence-corrected chi connectivity index (χ2v) is 7.89. The number of ether oxygens (including phenoxy) is 2. The van der Waals surface area contributed by atoms with E-state index in [1.54, 1.807) is 0 Å². The molecular formula is C20H29ClN4O5. The minimum Gasteiger partial charge on any atom is -0.437 e. The van der Waals surface area contributed by atoms with Crippen LogP contribution in [0, 0.1) is 0 Å². The Hall–Kier alpha value is -2.36. The Morgan fingerprint density at radius 2 is 1.97 bits per heavy atom. The molecule has 5 N–H and O–H groups in total. The molecule has 1 aliphatic heterocycles. The van der Waals surface area contributed by atoms with Crippen LogP contribution in [0.1, 0.15) is 25.3 Å². The van der Waals surface area contributed by atoms with Crippen LogP contribution >= 0.6 is 11.6 Å². The highest BCUT2D eigenvalue weighted by atomic mass is 35.5. The highest BCUT2D eigenvalue weighted by Crippen LogP contribution is 2.23. The summed E-state index contributed by atoms with van der Waals surface area (Å²) in [6.45, 7) is 2.80. The van der Waals surface area contributed by atoms with Gasteiger partial charge in [0.05, 0.1) is 12.1 Å². The molecule has 1 aliphatic rings. The zero-order valence-corrected chi connectivity index (χ0v) is 18.0. The standard InChI is InChI=1S/C20H29ClN4O5/c1-13(30-19(22)28)17(26)24-16(11-29-2)18(27)25-20(8-3-9-23-12-20)10-14-4-6-15(21)7-5-14/h4-7,13,16,23H,3,8-12H2,1-2H3,(H2,22,28)(H,24,26)(H,25,27)/t13-,16-,20+/m0/s1. The molecule has 0 aliphatic carbocycles. The van der Waals surface area contributed by atoms with Gasteiger partial charge in [-0.3, -0.25) is 9.59 Å². The number of nitrogens with two attached hydrogens (primary N) is 1. The summed E-state index contributed by atoms with van der Waals surface area (Å²) in [4.78, 5) is 36.2. The Morgan fingerprint density at radius 3 is 2.53 bits per heavy atom. The van der Waals surface area contributed by atoms with Gasteiger partial charge in [-0.15, -0.1) is 0 Å². The first-order valence-corrected chi connectivity index (χ1v) is 10.1. The van der Waals surface area contributed by atoms with Gasteiger partial charge in [-0.25, -0.2) is 4.79 Å². The number of carbonyl (C=O) groups is 3. The Labute approximate surface area is 181 Å². The molecule has 10 heteroatoms. The fourth-order valence-corrected chi connectivity index (χ4v) is 3.60. The van der Waals surface area contributed by atoms with Crippen molar-refractivity contribution in [2.75, 3.05) is 26.8 Å². The summed E-state index contributed by atoms with van der Waals surface area (Å²) >= 11 is 5.98. The van der Waals surface area contributed by atoms with Crippen LogP contribution in [0.5, 0.6) is 0 Å². The molecule has 0 saturated carbocycles. The summed E-state index contributed by atoms with van der Waals surface area (Å²) < 4.78 is 9.76. The lowest BCUT2D eigenvalue weighted by atomic mass is 9.83. The molecule has 3 atom stereocenters. The van der Waals surface area contributed by atoms with Crippen LogP contribution in [0.4, 0.5) is 4.79 Å². The maximum absolute atomic E-state index is 13.0. The van der Waals surface area contributed by atoms with Crippen LogP contribution in [-0.2, 0) is 25.5 Å². The first kappa shape index (κ1) is 23.9. The summed E-state index contributed by atoms with van der Waals surface area (Å²) in [5, 5.41) is 9.64. The second-order valence-electron chi connectivity index (χ2n) is 7.45. The average Bonchev–Trinajstić information content (AvgIpc) is 2.69. The van der Waals surface area contributed by atoms with Gasteiger partial charge in [-0.1, -0.05) is 23.7 Å². The molecule has 0 radical (unpaired) electrons. The minimum atomic E-state index is -1.13. The first-order chi connectivity index (χ1) is 14.2. The quantitative estimate of drug-likeness (QED) is 0.447. The van der Waals surface area contributed by atoms with Crippen molar-refractivity contribution in [3.05, 3.63) is 34.9 Å². The number of piperidine rings is 1. The molecule has 30 heavy (non-hydrogen) atoms. The van der Waals surface area contributed by atoms with Gasteiger partial charge in [0.2, 0.25) is 5.91 Å². The predicted octanol–water partition coefficient (Wildman–Crippen LogP) is 0.736. The highest BCUT2D eigenvalue weighted by molar-refractivity contribution is 6.30. The largest absolute Gasteiger partial charge is 0.437 e. The van der Waals surface area contributed by atoms with E-state index in [2.05, 4.69) is 20.7 Å². The number of halogens is 1. The van der Waals surface area contributed by atoms with E-state index in [0.717, 1.165) is 24.9 Å². The number of hydrogen-bond acceptors (Lipinski definition) is 6. The van der Waals surface area contributed by atoms with Crippen LogP contribution in [0.2, 0.25) is 5.02 Å². The number of amides is 3.